The van der Waals surface area contributed by atoms with Crippen LogP contribution in [0.25, 0.3) is 5.65 Å². The summed E-state index contributed by atoms with van der Waals surface area (Å²) >= 11 is 6.02. The number of ether oxygens (including phenoxy) is 1. The summed E-state index contributed by atoms with van der Waals surface area (Å²) in [4.78, 5) is 4.18. The molecule has 3 rings (SSSR count). The van der Waals surface area contributed by atoms with Gasteiger partial charge < -0.3 is 4.74 Å². The number of halogens is 1. The van der Waals surface area contributed by atoms with E-state index >= 15 is 0 Å². The van der Waals surface area contributed by atoms with Gasteiger partial charge in [-0.15, -0.1) is 0 Å². The minimum atomic E-state index is 0.385. The van der Waals surface area contributed by atoms with Crippen molar-refractivity contribution < 1.29 is 4.74 Å². The Hall–Kier alpha value is -2.07. The topological polar surface area (TPSA) is 39.4 Å². The highest BCUT2D eigenvalue weighted by Gasteiger charge is 2.11. The Balaban J connectivity index is 2.12. The Morgan fingerprint density at radius 3 is 2.50 bits per heavy atom. The van der Waals surface area contributed by atoms with Crippen LogP contribution in [-0.2, 0) is 0 Å². The largest absolute Gasteiger partial charge is 0.438 e. The molecule has 5 heteroatoms. The van der Waals surface area contributed by atoms with Crippen LogP contribution in [0.5, 0.6) is 11.6 Å². The highest BCUT2D eigenvalue weighted by Crippen LogP contribution is 2.30. The molecule has 102 valence electrons. The summed E-state index contributed by atoms with van der Waals surface area (Å²) < 4.78 is 7.65. The lowest BCUT2D eigenvalue weighted by Crippen LogP contribution is -2.00. The van der Waals surface area contributed by atoms with Crippen molar-refractivity contribution in [2.45, 2.75) is 20.8 Å². The Labute approximate surface area is 122 Å². The lowest BCUT2D eigenvalue weighted by atomic mass is 10.1. The van der Waals surface area contributed by atoms with E-state index < -0.39 is 0 Å². The van der Waals surface area contributed by atoms with Crippen molar-refractivity contribution in [3.8, 4) is 11.6 Å². The number of fused-ring (bicyclic) bond motifs is 1. The molecule has 2 heterocycles. The monoisotopic (exact) mass is 287 g/mol. The summed E-state index contributed by atoms with van der Waals surface area (Å²) in [6.07, 6.45) is 1.67. The van der Waals surface area contributed by atoms with Gasteiger partial charge in [0.2, 0.25) is 5.88 Å². The first kappa shape index (κ1) is 12.9. The molecule has 0 unspecified atom stereocenters. The molecule has 0 amide bonds. The van der Waals surface area contributed by atoms with E-state index in [2.05, 4.69) is 29.1 Å². The van der Waals surface area contributed by atoms with Crippen molar-refractivity contribution in [2.75, 3.05) is 0 Å². The third-order valence-electron chi connectivity index (χ3n) is 3.11. The van der Waals surface area contributed by atoms with Crippen molar-refractivity contribution in [1.82, 2.24) is 14.6 Å². The Morgan fingerprint density at radius 1 is 1.10 bits per heavy atom. The molecule has 0 aliphatic rings. The number of hydrogen-bond donors (Lipinski definition) is 0. The van der Waals surface area contributed by atoms with E-state index in [9.17, 15) is 0 Å². The van der Waals surface area contributed by atoms with Crippen LogP contribution in [0.15, 0.2) is 30.5 Å². The van der Waals surface area contributed by atoms with Crippen molar-refractivity contribution in [2.24, 2.45) is 0 Å². The molecule has 0 saturated carbocycles. The lowest BCUT2D eigenvalue weighted by molar-refractivity contribution is 0.440. The first-order valence-electron chi connectivity index (χ1n) is 6.30. The number of aromatic nitrogens is 3. The van der Waals surface area contributed by atoms with Gasteiger partial charge in [-0.2, -0.15) is 9.61 Å². The molecule has 4 nitrogen and oxygen atoms in total. The number of aryl methyl sites for hydroxylation is 3. The first-order valence-corrected chi connectivity index (χ1v) is 6.68. The van der Waals surface area contributed by atoms with E-state index in [1.54, 1.807) is 22.8 Å². The highest BCUT2D eigenvalue weighted by molar-refractivity contribution is 6.29. The van der Waals surface area contributed by atoms with Crippen molar-refractivity contribution in [3.63, 3.8) is 0 Å². The standard InChI is InChI=1S/C15H14ClN3O/c1-9-6-10(2)15(11(3)7-9)20-14-8-12(16)18-13-4-5-17-19(13)14/h4-8H,1-3H3. The van der Waals surface area contributed by atoms with Gasteiger partial charge >= 0.3 is 0 Å². The molecule has 2 aromatic heterocycles. The van der Waals surface area contributed by atoms with Gasteiger partial charge in [-0.3, -0.25) is 0 Å². The summed E-state index contributed by atoms with van der Waals surface area (Å²) in [5.74, 6) is 1.38. The summed E-state index contributed by atoms with van der Waals surface area (Å²) in [5, 5.41) is 4.59. The highest BCUT2D eigenvalue weighted by atomic mass is 35.5. The zero-order valence-electron chi connectivity index (χ0n) is 11.5. The molecule has 0 atom stereocenters. The molecule has 20 heavy (non-hydrogen) atoms. The minimum Gasteiger partial charge on any atom is -0.438 e. The Morgan fingerprint density at radius 2 is 1.80 bits per heavy atom. The van der Waals surface area contributed by atoms with Crippen molar-refractivity contribution in [3.05, 3.63) is 52.3 Å². The maximum absolute atomic E-state index is 6.02. The average Bonchev–Trinajstić information content (AvgIpc) is 2.81. The third kappa shape index (κ3) is 2.23. The molecular weight excluding hydrogens is 274 g/mol. The SMILES string of the molecule is Cc1cc(C)c(Oc2cc(Cl)nc3ccnn23)c(C)c1. The van der Waals surface area contributed by atoms with Gasteiger partial charge in [0.1, 0.15) is 10.9 Å². The van der Waals surface area contributed by atoms with Gasteiger partial charge in [-0.25, -0.2) is 4.98 Å². The second kappa shape index (κ2) is 4.80. The first-order chi connectivity index (χ1) is 9.54. The Bertz CT molecular complexity index is 772. The van der Waals surface area contributed by atoms with E-state index in [0.29, 0.717) is 16.7 Å². The summed E-state index contributed by atoms with van der Waals surface area (Å²) in [6.45, 7) is 6.12. The molecule has 0 bridgehead atoms. The molecule has 3 aromatic rings. The fraction of sp³-hybridized carbons (Fsp3) is 0.200. The summed E-state index contributed by atoms with van der Waals surface area (Å²) in [5.41, 5.74) is 4.03. The lowest BCUT2D eigenvalue weighted by Gasteiger charge is -2.13. The summed E-state index contributed by atoms with van der Waals surface area (Å²) in [6, 6.07) is 7.63. The number of nitrogens with zero attached hydrogens (tertiary/aromatic N) is 3. The van der Waals surface area contributed by atoms with Crippen molar-refractivity contribution in [1.29, 1.82) is 0 Å². The van der Waals surface area contributed by atoms with Gasteiger partial charge in [-0.1, -0.05) is 29.3 Å². The van der Waals surface area contributed by atoms with Crippen LogP contribution >= 0.6 is 11.6 Å². The van der Waals surface area contributed by atoms with Crippen LogP contribution in [-0.4, -0.2) is 14.6 Å². The second-order valence-corrected chi connectivity index (χ2v) is 5.24. The van der Waals surface area contributed by atoms with Gasteiger partial charge in [0.05, 0.1) is 6.20 Å². The molecule has 1 aromatic carbocycles. The molecule has 0 radical (unpaired) electrons. The van der Waals surface area contributed by atoms with E-state index in [0.717, 1.165) is 16.9 Å². The predicted molar refractivity (Wildman–Crippen MR) is 78.7 cm³/mol. The van der Waals surface area contributed by atoms with Crippen LogP contribution in [0.4, 0.5) is 0 Å². The van der Waals surface area contributed by atoms with E-state index in [-0.39, 0.29) is 0 Å². The minimum absolute atomic E-state index is 0.385. The molecule has 0 fully saturated rings. The quantitative estimate of drug-likeness (QED) is 0.666. The molecule has 0 saturated heterocycles. The van der Waals surface area contributed by atoms with Crippen LogP contribution in [0.2, 0.25) is 5.15 Å². The summed E-state index contributed by atoms with van der Waals surface area (Å²) in [7, 11) is 0. The predicted octanol–water partition coefficient (Wildman–Crippen LogP) is 4.10. The molecular formula is C15H14ClN3O. The maximum atomic E-state index is 6.02. The zero-order valence-corrected chi connectivity index (χ0v) is 12.3. The van der Waals surface area contributed by atoms with Crippen LogP contribution in [0.3, 0.4) is 0 Å². The molecule has 0 spiro atoms. The van der Waals surface area contributed by atoms with Gasteiger partial charge in [-0.05, 0) is 31.9 Å². The van der Waals surface area contributed by atoms with Crippen LogP contribution in [0.1, 0.15) is 16.7 Å². The maximum Gasteiger partial charge on any atom is 0.225 e. The van der Waals surface area contributed by atoms with E-state index in [1.807, 2.05) is 13.8 Å². The Kier molecular flexibility index (Phi) is 3.10. The number of hydrogen-bond acceptors (Lipinski definition) is 3. The molecule has 0 N–H and O–H groups in total. The van der Waals surface area contributed by atoms with Crippen molar-refractivity contribution >= 4 is 17.2 Å². The number of benzene rings is 1. The third-order valence-corrected chi connectivity index (χ3v) is 3.30. The van der Waals surface area contributed by atoms with Gasteiger partial charge in [0.15, 0.2) is 5.65 Å². The molecule has 0 aliphatic carbocycles. The average molecular weight is 288 g/mol. The fourth-order valence-corrected chi connectivity index (χ4v) is 2.54. The van der Waals surface area contributed by atoms with Gasteiger partial charge in [0, 0.05) is 12.1 Å². The van der Waals surface area contributed by atoms with Crippen LogP contribution in [0, 0.1) is 20.8 Å². The zero-order chi connectivity index (χ0) is 14.3. The fourth-order valence-electron chi connectivity index (χ4n) is 2.36. The number of rotatable bonds is 2. The van der Waals surface area contributed by atoms with Crippen LogP contribution < -0.4 is 4.74 Å². The second-order valence-electron chi connectivity index (χ2n) is 4.85. The van der Waals surface area contributed by atoms with E-state index in [1.165, 1.54) is 5.56 Å². The van der Waals surface area contributed by atoms with E-state index in [4.69, 9.17) is 16.3 Å². The van der Waals surface area contributed by atoms with Gasteiger partial charge in [0.25, 0.3) is 0 Å². The normalized spacial score (nSPS) is 11.0. The molecule has 0 aliphatic heterocycles. The smallest absolute Gasteiger partial charge is 0.225 e.